The van der Waals surface area contributed by atoms with Crippen LogP contribution < -0.4 is 10.5 Å². The number of nitriles is 1. The number of benzene rings is 2. The topological polar surface area (TPSA) is 93.2 Å². The standard InChI is InChI=1S/C18H15F3N2O3S/c1-2-27(24,25)15-4-3-14(13-8-18(20,21)17(23)16(13)15)26-12-6-10(9-22)5-11(19)7-12/h3-7,17H,2,8,23H2,1H3/t17-/m0/s1. The van der Waals surface area contributed by atoms with Crippen molar-refractivity contribution in [1.29, 1.82) is 5.26 Å². The lowest BCUT2D eigenvalue weighted by molar-refractivity contribution is -0.0141. The Morgan fingerprint density at radius 1 is 1.33 bits per heavy atom. The third kappa shape index (κ3) is 3.38. The highest BCUT2D eigenvalue weighted by molar-refractivity contribution is 7.91. The number of hydrogen-bond donors (Lipinski definition) is 1. The van der Waals surface area contributed by atoms with Gasteiger partial charge in [0.05, 0.1) is 28.3 Å². The van der Waals surface area contributed by atoms with E-state index in [2.05, 4.69) is 0 Å². The molecule has 3 rings (SSSR count). The molecule has 142 valence electrons. The minimum Gasteiger partial charge on any atom is -0.457 e. The van der Waals surface area contributed by atoms with Gasteiger partial charge in [-0.2, -0.15) is 5.26 Å². The van der Waals surface area contributed by atoms with Crippen LogP contribution in [0.3, 0.4) is 0 Å². The molecule has 0 aliphatic heterocycles. The van der Waals surface area contributed by atoms with Crippen LogP contribution in [0.5, 0.6) is 11.5 Å². The monoisotopic (exact) mass is 396 g/mol. The summed E-state index contributed by atoms with van der Waals surface area (Å²) in [5.74, 6) is -4.47. The number of nitrogens with zero attached hydrogens (tertiary/aromatic N) is 1. The number of sulfone groups is 1. The maximum atomic E-state index is 14.2. The van der Waals surface area contributed by atoms with Crippen molar-refractivity contribution < 1.29 is 26.3 Å². The van der Waals surface area contributed by atoms with Crippen LogP contribution in [0.2, 0.25) is 0 Å². The van der Waals surface area contributed by atoms with Gasteiger partial charge in [0.2, 0.25) is 0 Å². The summed E-state index contributed by atoms with van der Waals surface area (Å²) in [5.41, 5.74) is 5.41. The second-order valence-corrected chi connectivity index (χ2v) is 8.41. The van der Waals surface area contributed by atoms with E-state index in [1.807, 2.05) is 0 Å². The molecule has 2 aromatic carbocycles. The largest absolute Gasteiger partial charge is 0.457 e. The Labute approximate surface area is 154 Å². The highest BCUT2D eigenvalue weighted by atomic mass is 32.2. The lowest BCUT2D eigenvalue weighted by Crippen LogP contribution is -2.29. The Bertz CT molecular complexity index is 1060. The van der Waals surface area contributed by atoms with Crippen LogP contribution in [-0.2, 0) is 16.3 Å². The lowest BCUT2D eigenvalue weighted by Gasteiger charge is -2.17. The van der Waals surface area contributed by atoms with E-state index >= 15 is 0 Å². The molecule has 5 nitrogen and oxygen atoms in total. The number of nitrogens with two attached hydrogens (primary N) is 1. The number of hydrogen-bond acceptors (Lipinski definition) is 5. The van der Waals surface area contributed by atoms with Gasteiger partial charge in [0, 0.05) is 23.6 Å². The third-order valence-corrected chi connectivity index (χ3v) is 6.18. The van der Waals surface area contributed by atoms with Gasteiger partial charge in [0.1, 0.15) is 17.3 Å². The first kappa shape index (κ1) is 19.2. The minimum absolute atomic E-state index is 0.00569. The fourth-order valence-electron chi connectivity index (χ4n) is 3.04. The van der Waals surface area contributed by atoms with Crippen LogP contribution in [0.4, 0.5) is 13.2 Å². The quantitative estimate of drug-likeness (QED) is 0.854. The first-order valence-corrected chi connectivity index (χ1v) is 9.64. The van der Waals surface area contributed by atoms with Crippen LogP contribution in [0, 0.1) is 17.1 Å². The SMILES string of the molecule is CCS(=O)(=O)c1ccc(Oc2cc(F)cc(C#N)c2)c2c1[C@H](N)C(F)(F)C2. The normalized spacial score (nSPS) is 18.0. The van der Waals surface area contributed by atoms with Crippen LogP contribution in [0.25, 0.3) is 0 Å². The Kier molecular flexibility index (Phi) is 4.66. The summed E-state index contributed by atoms with van der Waals surface area (Å²) in [5, 5.41) is 8.91. The summed E-state index contributed by atoms with van der Waals surface area (Å²) in [6, 6.07) is 5.62. The number of alkyl halides is 2. The van der Waals surface area contributed by atoms with E-state index in [0.29, 0.717) is 0 Å². The second-order valence-electron chi connectivity index (χ2n) is 6.16. The van der Waals surface area contributed by atoms with Crippen molar-refractivity contribution in [2.45, 2.75) is 30.2 Å². The molecule has 0 fully saturated rings. The Morgan fingerprint density at radius 2 is 2.04 bits per heavy atom. The van der Waals surface area contributed by atoms with Gasteiger partial charge in [-0.3, -0.25) is 0 Å². The Morgan fingerprint density at radius 3 is 2.67 bits per heavy atom. The number of fused-ring (bicyclic) bond motifs is 1. The Balaban J connectivity index is 2.15. The summed E-state index contributed by atoms with van der Waals surface area (Å²) < 4.78 is 72.1. The molecule has 0 bridgehead atoms. The van der Waals surface area contributed by atoms with E-state index in [9.17, 15) is 21.6 Å². The number of rotatable bonds is 4. The smallest absolute Gasteiger partial charge is 0.271 e. The fourth-order valence-corrected chi connectivity index (χ4v) is 4.21. The minimum atomic E-state index is -3.79. The summed E-state index contributed by atoms with van der Waals surface area (Å²) in [4.78, 5) is -0.256. The van der Waals surface area contributed by atoms with Gasteiger partial charge in [-0.05, 0) is 24.3 Å². The molecule has 0 saturated carbocycles. The molecule has 1 atom stereocenters. The van der Waals surface area contributed by atoms with Crippen molar-refractivity contribution in [1.82, 2.24) is 0 Å². The predicted octanol–water partition coefficient (Wildman–Crippen LogP) is 3.47. The van der Waals surface area contributed by atoms with Crippen molar-refractivity contribution >= 4 is 9.84 Å². The molecule has 0 spiro atoms. The van der Waals surface area contributed by atoms with E-state index in [-0.39, 0.29) is 38.8 Å². The lowest BCUT2D eigenvalue weighted by atomic mass is 10.1. The average Bonchev–Trinajstić information content (AvgIpc) is 2.85. The summed E-state index contributed by atoms with van der Waals surface area (Å²) >= 11 is 0. The molecular weight excluding hydrogens is 381 g/mol. The summed E-state index contributed by atoms with van der Waals surface area (Å²) in [7, 11) is -3.79. The zero-order valence-corrected chi connectivity index (χ0v) is 15.0. The molecule has 1 aliphatic carbocycles. The molecule has 0 saturated heterocycles. The van der Waals surface area contributed by atoms with Crippen molar-refractivity contribution in [3.05, 3.63) is 52.8 Å². The van der Waals surface area contributed by atoms with Crippen LogP contribution in [0.15, 0.2) is 35.2 Å². The molecular formula is C18H15F3N2O3S. The van der Waals surface area contributed by atoms with Gasteiger partial charge < -0.3 is 10.5 Å². The zero-order valence-electron chi connectivity index (χ0n) is 14.2. The Hall–Kier alpha value is -2.57. The van der Waals surface area contributed by atoms with Gasteiger partial charge in [-0.25, -0.2) is 21.6 Å². The highest BCUT2D eigenvalue weighted by Crippen LogP contribution is 2.48. The van der Waals surface area contributed by atoms with Gasteiger partial charge in [-0.15, -0.1) is 0 Å². The van der Waals surface area contributed by atoms with Crippen molar-refractivity contribution in [2.75, 3.05) is 5.75 Å². The van der Waals surface area contributed by atoms with Gasteiger partial charge in [0.15, 0.2) is 9.84 Å². The van der Waals surface area contributed by atoms with Crippen LogP contribution in [0.1, 0.15) is 29.7 Å². The first-order valence-electron chi connectivity index (χ1n) is 7.99. The second kappa shape index (κ2) is 6.55. The number of ether oxygens (including phenoxy) is 1. The van der Waals surface area contributed by atoms with E-state index in [4.69, 9.17) is 15.7 Å². The van der Waals surface area contributed by atoms with Crippen molar-refractivity contribution in [2.24, 2.45) is 5.73 Å². The van der Waals surface area contributed by atoms with Crippen LogP contribution >= 0.6 is 0 Å². The number of halogens is 3. The van der Waals surface area contributed by atoms with Gasteiger partial charge >= 0.3 is 0 Å². The molecule has 0 amide bonds. The highest BCUT2D eigenvalue weighted by Gasteiger charge is 2.49. The molecule has 2 aromatic rings. The summed E-state index contributed by atoms with van der Waals surface area (Å²) in [6.07, 6.45) is -0.799. The molecule has 0 radical (unpaired) electrons. The maximum absolute atomic E-state index is 14.2. The molecule has 2 N–H and O–H groups in total. The van der Waals surface area contributed by atoms with E-state index in [0.717, 1.165) is 12.1 Å². The third-order valence-electron chi connectivity index (χ3n) is 4.40. The van der Waals surface area contributed by atoms with E-state index < -0.39 is 34.0 Å². The van der Waals surface area contributed by atoms with Crippen molar-refractivity contribution in [3.8, 4) is 17.6 Å². The average molecular weight is 396 g/mol. The van der Waals surface area contributed by atoms with E-state index in [1.54, 1.807) is 6.07 Å². The molecule has 1 aliphatic rings. The molecule has 0 heterocycles. The zero-order chi connectivity index (χ0) is 20.0. The van der Waals surface area contributed by atoms with Crippen molar-refractivity contribution in [3.63, 3.8) is 0 Å². The summed E-state index contributed by atoms with van der Waals surface area (Å²) in [6.45, 7) is 1.40. The fraction of sp³-hybridized carbons (Fsp3) is 0.278. The van der Waals surface area contributed by atoms with E-state index in [1.165, 1.54) is 25.1 Å². The molecule has 27 heavy (non-hydrogen) atoms. The van der Waals surface area contributed by atoms with Crippen LogP contribution in [-0.4, -0.2) is 20.1 Å². The molecule has 9 heteroatoms. The first-order chi connectivity index (χ1) is 12.6. The van der Waals surface area contributed by atoms with Gasteiger partial charge in [0.25, 0.3) is 5.92 Å². The molecule has 0 unspecified atom stereocenters. The predicted molar refractivity (Wildman–Crippen MR) is 90.9 cm³/mol. The van der Waals surface area contributed by atoms with Gasteiger partial charge in [-0.1, -0.05) is 6.92 Å². The molecule has 0 aromatic heterocycles. The maximum Gasteiger partial charge on any atom is 0.271 e.